The molecule has 2 aromatic rings. The highest BCUT2D eigenvalue weighted by Gasteiger charge is 2.54. The van der Waals surface area contributed by atoms with Crippen LogP contribution in [0.25, 0.3) is 11.1 Å². The van der Waals surface area contributed by atoms with Gasteiger partial charge in [0.1, 0.15) is 12.6 Å². The summed E-state index contributed by atoms with van der Waals surface area (Å²) in [4.78, 5) is 26.5. The number of benzene rings is 2. The number of carbonyl (C=O) groups excluding carboxylic acids is 1. The number of ether oxygens (including phenoxy) is 2. The summed E-state index contributed by atoms with van der Waals surface area (Å²) in [6, 6.07) is 15.5. The van der Waals surface area contributed by atoms with E-state index in [4.69, 9.17) is 9.47 Å². The molecule has 1 atom stereocenters. The highest BCUT2D eigenvalue weighted by Crippen LogP contribution is 2.47. The Balaban J connectivity index is 1.35. The zero-order chi connectivity index (χ0) is 20.7. The van der Waals surface area contributed by atoms with Gasteiger partial charge < -0.3 is 14.6 Å². The fourth-order valence-corrected chi connectivity index (χ4v) is 5.51. The molecule has 1 amide bonds. The van der Waals surface area contributed by atoms with E-state index in [-0.39, 0.29) is 12.5 Å². The first kappa shape index (κ1) is 19.1. The molecule has 2 saturated heterocycles. The molecule has 5 rings (SSSR count). The molecule has 3 aliphatic rings. The largest absolute Gasteiger partial charge is 0.480 e. The molecule has 0 radical (unpaired) electrons. The van der Waals surface area contributed by atoms with Crippen molar-refractivity contribution in [3.05, 3.63) is 59.7 Å². The molecule has 2 heterocycles. The molecule has 0 saturated carbocycles. The van der Waals surface area contributed by atoms with Crippen LogP contribution in [0.2, 0.25) is 0 Å². The third-order valence-corrected chi connectivity index (χ3v) is 7.04. The van der Waals surface area contributed by atoms with E-state index >= 15 is 0 Å². The van der Waals surface area contributed by atoms with Crippen molar-refractivity contribution in [1.82, 2.24) is 4.90 Å². The number of carbonyl (C=O) groups is 2. The Morgan fingerprint density at radius 1 is 1.00 bits per heavy atom. The van der Waals surface area contributed by atoms with Crippen molar-refractivity contribution in [2.24, 2.45) is 5.41 Å². The van der Waals surface area contributed by atoms with Gasteiger partial charge in [-0.1, -0.05) is 48.5 Å². The average molecular weight is 407 g/mol. The number of likely N-dealkylation sites (tertiary alicyclic amines) is 1. The van der Waals surface area contributed by atoms with Crippen LogP contribution in [0.4, 0.5) is 4.79 Å². The van der Waals surface area contributed by atoms with Crippen LogP contribution in [0.15, 0.2) is 48.5 Å². The van der Waals surface area contributed by atoms with E-state index in [0.717, 1.165) is 11.1 Å². The fourth-order valence-electron chi connectivity index (χ4n) is 5.51. The summed E-state index contributed by atoms with van der Waals surface area (Å²) in [6.45, 7) is 1.70. The maximum absolute atomic E-state index is 13.0. The summed E-state index contributed by atoms with van der Waals surface area (Å²) in [5.41, 5.74) is 4.21. The number of nitrogens with zero attached hydrogens (tertiary/aromatic N) is 1. The molecule has 1 N–H and O–H groups in total. The molecule has 1 spiro atoms. The van der Waals surface area contributed by atoms with Crippen molar-refractivity contribution in [1.29, 1.82) is 0 Å². The second-order valence-electron chi connectivity index (χ2n) is 8.46. The third kappa shape index (κ3) is 2.98. The maximum atomic E-state index is 13.0. The lowest BCUT2D eigenvalue weighted by atomic mass is 9.74. The number of carboxylic acid groups (broad SMARTS) is 1. The normalized spacial score (nSPS) is 22.0. The summed E-state index contributed by atoms with van der Waals surface area (Å²) in [5, 5.41) is 9.90. The van der Waals surface area contributed by atoms with E-state index in [1.165, 1.54) is 16.0 Å². The highest BCUT2D eigenvalue weighted by molar-refractivity contribution is 5.82. The molecule has 30 heavy (non-hydrogen) atoms. The summed E-state index contributed by atoms with van der Waals surface area (Å²) in [6.07, 6.45) is 1.47. The Labute approximate surface area is 175 Å². The van der Waals surface area contributed by atoms with Crippen LogP contribution in [0.1, 0.15) is 36.3 Å². The van der Waals surface area contributed by atoms with Gasteiger partial charge >= 0.3 is 12.1 Å². The van der Waals surface area contributed by atoms with Crippen LogP contribution in [-0.4, -0.2) is 54.5 Å². The minimum absolute atomic E-state index is 0.0377. The number of hydrogen-bond donors (Lipinski definition) is 1. The van der Waals surface area contributed by atoms with Gasteiger partial charge in [-0.15, -0.1) is 0 Å². The Morgan fingerprint density at radius 3 is 2.20 bits per heavy atom. The first-order valence-corrected chi connectivity index (χ1v) is 10.5. The van der Waals surface area contributed by atoms with Crippen LogP contribution in [0, 0.1) is 5.41 Å². The van der Waals surface area contributed by atoms with Gasteiger partial charge in [0.05, 0.1) is 0 Å². The Kier molecular flexibility index (Phi) is 4.74. The maximum Gasteiger partial charge on any atom is 0.410 e. The van der Waals surface area contributed by atoms with Crippen molar-refractivity contribution in [2.75, 3.05) is 26.4 Å². The SMILES string of the molecule is O=C(O)C1N(C(=O)OCC2c3ccccc3-c3ccccc32)CCC12CCOCC2. The molecule has 6 nitrogen and oxygen atoms in total. The van der Waals surface area contributed by atoms with Crippen molar-refractivity contribution in [2.45, 2.75) is 31.2 Å². The van der Waals surface area contributed by atoms with Gasteiger partial charge in [0.15, 0.2) is 0 Å². The monoisotopic (exact) mass is 407 g/mol. The minimum atomic E-state index is -0.956. The van der Waals surface area contributed by atoms with Crippen LogP contribution in [0.3, 0.4) is 0 Å². The van der Waals surface area contributed by atoms with Crippen molar-refractivity contribution in [3.63, 3.8) is 0 Å². The lowest BCUT2D eigenvalue weighted by Gasteiger charge is -2.37. The lowest BCUT2D eigenvalue weighted by molar-refractivity contribution is -0.147. The molecule has 2 aromatic carbocycles. The van der Waals surface area contributed by atoms with Gasteiger partial charge in [-0.25, -0.2) is 9.59 Å². The van der Waals surface area contributed by atoms with Crippen LogP contribution >= 0.6 is 0 Å². The Morgan fingerprint density at radius 2 is 1.60 bits per heavy atom. The topological polar surface area (TPSA) is 76.1 Å². The number of rotatable bonds is 3. The summed E-state index contributed by atoms with van der Waals surface area (Å²) in [5.74, 6) is -0.993. The third-order valence-electron chi connectivity index (χ3n) is 7.04. The van der Waals surface area contributed by atoms with E-state index in [2.05, 4.69) is 24.3 Å². The van der Waals surface area contributed by atoms with E-state index in [1.807, 2.05) is 24.3 Å². The molecule has 0 aromatic heterocycles. The van der Waals surface area contributed by atoms with E-state index in [1.54, 1.807) is 0 Å². The average Bonchev–Trinajstić information content (AvgIpc) is 3.29. The lowest BCUT2D eigenvalue weighted by Crippen LogP contribution is -2.50. The fraction of sp³-hybridized carbons (Fsp3) is 0.417. The Hall–Kier alpha value is -2.86. The molecule has 6 heteroatoms. The van der Waals surface area contributed by atoms with Crippen molar-refractivity contribution >= 4 is 12.1 Å². The van der Waals surface area contributed by atoms with Gasteiger partial charge in [0.25, 0.3) is 0 Å². The van der Waals surface area contributed by atoms with E-state index in [9.17, 15) is 14.7 Å². The van der Waals surface area contributed by atoms with Gasteiger partial charge in [0.2, 0.25) is 0 Å². The van der Waals surface area contributed by atoms with Gasteiger partial charge in [0, 0.05) is 31.1 Å². The predicted octanol–water partition coefficient (Wildman–Crippen LogP) is 3.89. The molecule has 156 valence electrons. The molecule has 2 aliphatic heterocycles. The molecule has 2 fully saturated rings. The van der Waals surface area contributed by atoms with Gasteiger partial charge in [-0.05, 0) is 41.5 Å². The zero-order valence-electron chi connectivity index (χ0n) is 16.8. The van der Waals surface area contributed by atoms with Crippen LogP contribution in [0.5, 0.6) is 0 Å². The second-order valence-corrected chi connectivity index (χ2v) is 8.46. The number of hydrogen-bond acceptors (Lipinski definition) is 4. The van der Waals surface area contributed by atoms with Gasteiger partial charge in [-0.3, -0.25) is 4.90 Å². The number of amides is 1. The highest BCUT2D eigenvalue weighted by atomic mass is 16.6. The predicted molar refractivity (Wildman–Crippen MR) is 110 cm³/mol. The first-order chi connectivity index (χ1) is 14.6. The van der Waals surface area contributed by atoms with Crippen molar-refractivity contribution < 1.29 is 24.2 Å². The molecule has 1 aliphatic carbocycles. The zero-order valence-corrected chi connectivity index (χ0v) is 16.8. The van der Waals surface area contributed by atoms with Crippen molar-refractivity contribution in [3.8, 4) is 11.1 Å². The number of aliphatic carboxylic acids is 1. The number of carboxylic acids is 1. The molecular formula is C24H25NO5. The molecular weight excluding hydrogens is 382 g/mol. The van der Waals surface area contributed by atoms with Crippen LogP contribution in [-0.2, 0) is 14.3 Å². The summed E-state index contributed by atoms with van der Waals surface area (Å²) < 4.78 is 11.2. The minimum Gasteiger partial charge on any atom is -0.480 e. The van der Waals surface area contributed by atoms with Gasteiger partial charge in [-0.2, -0.15) is 0 Å². The standard InChI is InChI=1S/C24H25NO5/c26-22(27)21-24(10-13-29-14-11-24)9-12-25(21)23(28)30-15-20-18-7-3-1-5-16(18)17-6-2-4-8-19(17)20/h1-8,20-21H,9-15H2,(H,26,27). The smallest absolute Gasteiger partial charge is 0.410 e. The quantitative estimate of drug-likeness (QED) is 0.835. The number of fused-ring (bicyclic) bond motifs is 3. The van der Waals surface area contributed by atoms with E-state index < -0.39 is 23.5 Å². The molecule has 1 unspecified atom stereocenters. The van der Waals surface area contributed by atoms with Crippen LogP contribution < -0.4 is 0 Å². The van der Waals surface area contributed by atoms with E-state index in [0.29, 0.717) is 39.0 Å². The Bertz CT molecular complexity index is 936. The first-order valence-electron chi connectivity index (χ1n) is 10.5. The second kappa shape index (κ2) is 7.43. The summed E-state index contributed by atoms with van der Waals surface area (Å²) in [7, 11) is 0. The summed E-state index contributed by atoms with van der Waals surface area (Å²) >= 11 is 0. The molecule has 0 bridgehead atoms.